The van der Waals surface area contributed by atoms with Crippen LogP contribution in [-0.4, -0.2) is 51.1 Å². The highest BCUT2D eigenvalue weighted by Crippen LogP contribution is 2.26. The molecule has 0 radical (unpaired) electrons. The van der Waals surface area contributed by atoms with Crippen molar-refractivity contribution in [2.24, 2.45) is 23.2 Å². The number of carbonyl (C=O) groups excluding carboxylic acids is 3. The fourth-order valence-corrected chi connectivity index (χ4v) is 3.51. The topological polar surface area (TPSA) is 103 Å². The van der Waals surface area contributed by atoms with Crippen LogP contribution in [0.3, 0.4) is 0 Å². The van der Waals surface area contributed by atoms with E-state index in [0.717, 1.165) is 32.1 Å². The lowest BCUT2D eigenvalue weighted by Gasteiger charge is -2.28. The minimum Gasteiger partial charge on any atom is -0.459 e. The molecule has 2 atom stereocenters. The van der Waals surface area contributed by atoms with Crippen LogP contribution >= 0.6 is 0 Å². The van der Waals surface area contributed by atoms with Gasteiger partial charge in [-0.15, -0.1) is 0 Å². The molecule has 0 aromatic carbocycles. The van der Waals surface area contributed by atoms with Gasteiger partial charge in [-0.3, -0.25) is 0 Å². The fourth-order valence-electron chi connectivity index (χ4n) is 3.51. The van der Waals surface area contributed by atoms with Crippen LogP contribution in [0.5, 0.6) is 0 Å². The predicted octanol–water partition coefficient (Wildman–Crippen LogP) is 5.46. The second-order valence-electron chi connectivity index (χ2n) is 10.4. The molecular formula is C26H48N2O6. The monoisotopic (exact) mass is 484 g/mol. The Balaban J connectivity index is 4.05. The van der Waals surface area contributed by atoms with E-state index in [0.29, 0.717) is 43.0 Å². The maximum atomic E-state index is 12.0. The van der Waals surface area contributed by atoms with Crippen LogP contribution in [0.25, 0.3) is 0 Å². The molecule has 0 aliphatic heterocycles. The Morgan fingerprint density at radius 1 is 0.912 bits per heavy atom. The molecule has 0 aromatic rings. The van der Waals surface area contributed by atoms with Crippen LogP contribution in [0.15, 0.2) is 12.2 Å². The van der Waals surface area contributed by atoms with Crippen LogP contribution in [0.4, 0.5) is 9.59 Å². The molecule has 0 spiro atoms. The van der Waals surface area contributed by atoms with Gasteiger partial charge in [0.05, 0.1) is 6.61 Å². The van der Waals surface area contributed by atoms with Gasteiger partial charge in [-0.2, -0.15) is 0 Å². The number of rotatable bonds is 17. The zero-order chi connectivity index (χ0) is 26.1. The van der Waals surface area contributed by atoms with Crippen LogP contribution in [-0.2, 0) is 19.0 Å². The van der Waals surface area contributed by atoms with Crippen LogP contribution in [0.2, 0.25) is 0 Å². The average molecular weight is 485 g/mol. The molecule has 34 heavy (non-hydrogen) atoms. The van der Waals surface area contributed by atoms with E-state index in [-0.39, 0.29) is 24.7 Å². The van der Waals surface area contributed by atoms with Crippen molar-refractivity contribution < 1.29 is 28.6 Å². The number of nitrogens with one attached hydrogen (secondary N) is 2. The molecule has 8 heteroatoms. The summed E-state index contributed by atoms with van der Waals surface area (Å²) in [5.74, 6) is 0.920. The molecule has 0 bridgehead atoms. The Kier molecular flexibility index (Phi) is 16.1. The van der Waals surface area contributed by atoms with Gasteiger partial charge in [0.2, 0.25) is 0 Å². The Bertz CT molecular complexity index is 633. The largest absolute Gasteiger partial charge is 0.459 e. The molecular weight excluding hydrogens is 436 g/mol. The van der Waals surface area contributed by atoms with E-state index in [1.165, 1.54) is 0 Å². The minimum atomic E-state index is -0.546. The summed E-state index contributed by atoms with van der Waals surface area (Å²) in [6.45, 7) is 19.3. The van der Waals surface area contributed by atoms with E-state index >= 15 is 0 Å². The van der Waals surface area contributed by atoms with E-state index in [1.54, 1.807) is 6.92 Å². The number of ether oxygens (including phenoxy) is 3. The Hall–Kier alpha value is -2.25. The van der Waals surface area contributed by atoms with E-state index in [2.05, 4.69) is 58.8 Å². The normalized spacial score (nSPS) is 13.1. The van der Waals surface area contributed by atoms with Gasteiger partial charge in [-0.25, -0.2) is 14.4 Å². The lowest BCUT2D eigenvalue weighted by atomic mass is 9.82. The first-order valence-electron chi connectivity index (χ1n) is 12.5. The second kappa shape index (κ2) is 17.2. The molecule has 2 unspecified atom stereocenters. The van der Waals surface area contributed by atoms with Crippen molar-refractivity contribution in [2.75, 3.05) is 32.9 Å². The summed E-state index contributed by atoms with van der Waals surface area (Å²) in [7, 11) is 0. The third kappa shape index (κ3) is 17.3. The van der Waals surface area contributed by atoms with Gasteiger partial charge in [0.25, 0.3) is 0 Å². The van der Waals surface area contributed by atoms with Crippen LogP contribution in [0.1, 0.15) is 80.6 Å². The highest BCUT2D eigenvalue weighted by atomic mass is 16.6. The Morgan fingerprint density at radius 2 is 1.53 bits per heavy atom. The third-order valence-electron chi connectivity index (χ3n) is 5.60. The summed E-state index contributed by atoms with van der Waals surface area (Å²) < 4.78 is 15.3. The van der Waals surface area contributed by atoms with Gasteiger partial charge >= 0.3 is 18.2 Å². The molecule has 198 valence electrons. The van der Waals surface area contributed by atoms with Crippen molar-refractivity contribution in [1.29, 1.82) is 0 Å². The average Bonchev–Trinajstić information content (AvgIpc) is 2.74. The van der Waals surface area contributed by atoms with E-state index in [4.69, 9.17) is 14.2 Å². The van der Waals surface area contributed by atoms with Gasteiger partial charge in [-0.05, 0) is 49.4 Å². The summed E-state index contributed by atoms with van der Waals surface area (Å²) in [5, 5.41) is 5.60. The maximum Gasteiger partial charge on any atom is 0.407 e. The maximum absolute atomic E-state index is 12.0. The van der Waals surface area contributed by atoms with Crippen molar-refractivity contribution >= 4 is 18.2 Å². The predicted molar refractivity (Wildman–Crippen MR) is 135 cm³/mol. The van der Waals surface area contributed by atoms with Crippen molar-refractivity contribution in [1.82, 2.24) is 10.6 Å². The molecule has 0 saturated heterocycles. The lowest BCUT2D eigenvalue weighted by Crippen LogP contribution is -2.36. The van der Waals surface area contributed by atoms with Crippen LogP contribution < -0.4 is 10.6 Å². The summed E-state index contributed by atoms with van der Waals surface area (Å²) in [6.07, 6.45) is 4.03. The first kappa shape index (κ1) is 31.8. The van der Waals surface area contributed by atoms with Gasteiger partial charge in [0, 0.05) is 18.7 Å². The standard InChI is InChI=1S/C26H48N2O6/c1-9-22(11-10-19(2)3)17-34-24(30)27-13-12-21(6)16-26(7,8)18-28-25(31)33-15-14-32-23(29)20(4)5/h19,21-22H,4,9-18H2,1-3,5-8H3,(H,27,30)(H,28,31). The SMILES string of the molecule is C=C(C)C(=O)OCCOC(=O)NCC(C)(C)CC(C)CCNC(=O)OCC(CC)CCC(C)C. The molecule has 0 aromatic heterocycles. The molecule has 0 fully saturated rings. The number of carbonyl (C=O) groups is 3. The van der Waals surface area contributed by atoms with Gasteiger partial charge < -0.3 is 24.8 Å². The number of esters is 1. The molecule has 0 rings (SSSR count). The molecule has 8 nitrogen and oxygen atoms in total. The highest BCUT2D eigenvalue weighted by molar-refractivity contribution is 5.86. The van der Waals surface area contributed by atoms with Crippen molar-refractivity contribution in [3.8, 4) is 0 Å². The molecule has 0 aliphatic rings. The van der Waals surface area contributed by atoms with Crippen molar-refractivity contribution in [3.05, 3.63) is 12.2 Å². The molecule has 0 saturated carbocycles. The first-order valence-corrected chi connectivity index (χ1v) is 12.5. The number of amides is 2. The number of alkyl carbamates (subject to hydrolysis) is 2. The summed E-state index contributed by atoms with van der Waals surface area (Å²) in [5.41, 5.74) is 0.158. The third-order valence-corrected chi connectivity index (χ3v) is 5.60. The minimum absolute atomic E-state index is 0.00792. The lowest BCUT2D eigenvalue weighted by molar-refractivity contribution is -0.139. The van der Waals surface area contributed by atoms with Crippen molar-refractivity contribution in [2.45, 2.75) is 80.6 Å². The summed E-state index contributed by atoms with van der Waals surface area (Å²) >= 11 is 0. The van der Waals surface area contributed by atoms with E-state index < -0.39 is 12.1 Å². The summed E-state index contributed by atoms with van der Waals surface area (Å²) in [6, 6.07) is 0. The first-order chi connectivity index (χ1) is 15.9. The van der Waals surface area contributed by atoms with E-state index in [9.17, 15) is 14.4 Å². The smallest absolute Gasteiger partial charge is 0.407 e. The molecule has 2 amide bonds. The van der Waals surface area contributed by atoms with Gasteiger partial charge in [0.1, 0.15) is 13.2 Å². The van der Waals surface area contributed by atoms with E-state index in [1.807, 2.05) is 0 Å². The number of hydrogen-bond acceptors (Lipinski definition) is 6. The molecule has 0 aliphatic carbocycles. The Labute approximate surface area is 206 Å². The summed E-state index contributed by atoms with van der Waals surface area (Å²) in [4.78, 5) is 35.1. The second-order valence-corrected chi connectivity index (χ2v) is 10.4. The van der Waals surface area contributed by atoms with Gasteiger partial charge in [-0.1, -0.05) is 61.0 Å². The van der Waals surface area contributed by atoms with Crippen LogP contribution in [0, 0.1) is 23.2 Å². The molecule has 2 N–H and O–H groups in total. The quantitative estimate of drug-likeness (QED) is 0.123. The van der Waals surface area contributed by atoms with Crippen molar-refractivity contribution in [3.63, 3.8) is 0 Å². The zero-order valence-corrected chi connectivity index (χ0v) is 22.5. The fraction of sp³-hybridized carbons (Fsp3) is 0.808. The highest BCUT2D eigenvalue weighted by Gasteiger charge is 2.22. The zero-order valence-electron chi connectivity index (χ0n) is 22.5. The number of hydrogen-bond donors (Lipinski definition) is 2. The van der Waals surface area contributed by atoms with Gasteiger partial charge in [0.15, 0.2) is 0 Å². The molecule has 0 heterocycles. The Morgan fingerprint density at radius 3 is 2.12 bits per heavy atom.